The number of rotatable bonds is 3. The number of hydrogen-bond donors (Lipinski definition) is 0. The van der Waals surface area contributed by atoms with Crippen molar-refractivity contribution in [1.29, 1.82) is 0 Å². The SMILES string of the molecule is CC1(C)S[C@H]2C(N3C(=O)c4ccccc4C3=O)C(=O)N2C1C(=O)OCC(Cl)(Cl)Cl. The zero-order valence-electron chi connectivity index (χ0n) is 15.2. The summed E-state index contributed by atoms with van der Waals surface area (Å²) in [5.41, 5.74) is 0.536. The van der Waals surface area contributed by atoms with Crippen molar-refractivity contribution in [3.05, 3.63) is 35.4 Å². The fourth-order valence-corrected chi connectivity index (χ4v) is 5.73. The number of ether oxygens (including phenoxy) is 1. The van der Waals surface area contributed by atoms with Crippen LogP contribution in [0, 0.1) is 0 Å². The first-order valence-electron chi connectivity index (χ1n) is 8.64. The molecule has 2 fully saturated rings. The van der Waals surface area contributed by atoms with Crippen molar-refractivity contribution in [3.8, 4) is 0 Å². The molecular weight excluding hydrogens is 463 g/mol. The number of hydrogen-bond acceptors (Lipinski definition) is 6. The van der Waals surface area contributed by atoms with E-state index in [1.165, 1.54) is 16.7 Å². The van der Waals surface area contributed by atoms with Gasteiger partial charge in [0.1, 0.15) is 24.1 Å². The number of thioether (sulfide) groups is 1. The van der Waals surface area contributed by atoms with Crippen molar-refractivity contribution in [2.75, 3.05) is 6.61 Å². The number of imide groups is 1. The van der Waals surface area contributed by atoms with Crippen LogP contribution in [0.5, 0.6) is 0 Å². The summed E-state index contributed by atoms with van der Waals surface area (Å²) in [7, 11) is 0. The van der Waals surface area contributed by atoms with Gasteiger partial charge in [-0.15, -0.1) is 11.8 Å². The van der Waals surface area contributed by atoms with Gasteiger partial charge in [0.05, 0.1) is 11.1 Å². The molecule has 4 rings (SSSR count). The molecule has 3 amide bonds. The molecule has 0 bridgehead atoms. The van der Waals surface area contributed by atoms with Gasteiger partial charge in [-0.1, -0.05) is 46.9 Å². The Labute approximate surface area is 185 Å². The zero-order valence-corrected chi connectivity index (χ0v) is 18.3. The van der Waals surface area contributed by atoms with Crippen molar-refractivity contribution in [2.24, 2.45) is 0 Å². The lowest BCUT2D eigenvalue weighted by atomic mass is 9.95. The Hall–Kier alpha value is -1.48. The smallest absolute Gasteiger partial charge is 0.330 e. The van der Waals surface area contributed by atoms with Gasteiger partial charge in [-0.2, -0.15) is 0 Å². The summed E-state index contributed by atoms with van der Waals surface area (Å²) in [6.45, 7) is 3.11. The Bertz CT molecular complexity index is 913. The number of alkyl halides is 3. The van der Waals surface area contributed by atoms with E-state index in [1.807, 2.05) is 0 Å². The number of β-lactam (4-membered cyclic amide) rings is 1. The molecule has 2 saturated heterocycles. The summed E-state index contributed by atoms with van der Waals surface area (Å²) < 4.78 is 2.60. The molecule has 0 saturated carbocycles. The van der Waals surface area contributed by atoms with Gasteiger partial charge in [0.2, 0.25) is 3.79 Å². The standard InChI is InChI=1S/C18H15Cl3N2O5S/c1-17(2)11(16(27)28-7-18(19,20)21)23-14(26)10(15(23)29-17)22-12(24)8-5-3-4-6-9(8)13(22)25/h3-6,10-11,15H,7H2,1-2H3/t10?,11?,15-/m0/s1. The number of benzene rings is 1. The summed E-state index contributed by atoms with van der Waals surface area (Å²) in [5.74, 6) is -2.21. The van der Waals surface area contributed by atoms with Crippen LogP contribution >= 0.6 is 46.6 Å². The van der Waals surface area contributed by atoms with Gasteiger partial charge < -0.3 is 9.64 Å². The van der Waals surface area contributed by atoms with Gasteiger partial charge in [-0.3, -0.25) is 19.3 Å². The van der Waals surface area contributed by atoms with E-state index in [9.17, 15) is 19.2 Å². The molecule has 29 heavy (non-hydrogen) atoms. The van der Waals surface area contributed by atoms with Crippen molar-refractivity contribution in [3.63, 3.8) is 0 Å². The molecule has 0 N–H and O–H groups in total. The quantitative estimate of drug-likeness (QED) is 0.288. The Kier molecular flexibility index (Phi) is 4.85. The average Bonchev–Trinajstić information content (AvgIpc) is 3.03. The normalized spacial score (nSPS) is 27.6. The minimum Gasteiger partial charge on any atom is -0.460 e. The molecule has 154 valence electrons. The number of carbonyl (C=O) groups is 4. The number of amides is 3. The van der Waals surface area contributed by atoms with Crippen molar-refractivity contribution in [2.45, 2.75) is 39.8 Å². The summed E-state index contributed by atoms with van der Waals surface area (Å²) in [6.07, 6.45) is 0. The lowest BCUT2D eigenvalue weighted by Gasteiger charge is -2.46. The first-order valence-corrected chi connectivity index (χ1v) is 10.7. The van der Waals surface area contributed by atoms with Crippen LogP contribution in [0.4, 0.5) is 0 Å². The van der Waals surface area contributed by atoms with E-state index >= 15 is 0 Å². The van der Waals surface area contributed by atoms with E-state index in [2.05, 4.69) is 0 Å². The van der Waals surface area contributed by atoms with Crippen LogP contribution in [0.2, 0.25) is 0 Å². The molecule has 3 aliphatic rings. The van der Waals surface area contributed by atoms with Crippen LogP contribution in [-0.2, 0) is 14.3 Å². The van der Waals surface area contributed by atoms with Crippen LogP contribution in [0.15, 0.2) is 24.3 Å². The Morgan fingerprint density at radius 2 is 1.69 bits per heavy atom. The van der Waals surface area contributed by atoms with Gasteiger partial charge in [-0.05, 0) is 26.0 Å². The zero-order chi connectivity index (χ0) is 21.3. The molecule has 11 heteroatoms. The van der Waals surface area contributed by atoms with E-state index in [0.29, 0.717) is 0 Å². The van der Waals surface area contributed by atoms with Gasteiger partial charge >= 0.3 is 5.97 Å². The molecule has 3 atom stereocenters. The van der Waals surface area contributed by atoms with Crippen LogP contribution in [-0.4, -0.2) is 66.1 Å². The molecule has 0 radical (unpaired) electrons. The predicted molar refractivity (Wildman–Crippen MR) is 108 cm³/mol. The number of carbonyl (C=O) groups excluding carboxylic acids is 4. The third-order valence-corrected chi connectivity index (χ3v) is 7.00. The molecule has 2 unspecified atom stereocenters. The van der Waals surface area contributed by atoms with Gasteiger partial charge in [0.15, 0.2) is 0 Å². The average molecular weight is 478 g/mol. The van der Waals surface area contributed by atoms with E-state index in [1.54, 1.807) is 38.1 Å². The largest absolute Gasteiger partial charge is 0.460 e. The monoisotopic (exact) mass is 476 g/mol. The number of nitrogens with zero attached hydrogens (tertiary/aromatic N) is 2. The van der Waals surface area contributed by atoms with Crippen molar-refractivity contribution in [1.82, 2.24) is 9.80 Å². The minimum atomic E-state index is -1.77. The highest BCUT2D eigenvalue weighted by Crippen LogP contribution is 2.53. The van der Waals surface area contributed by atoms with Crippen LogP contribution in [0.3, 0.4) is 0 Å². The third kappa shape index (κ3) is 3.21. The van der Waals surface area contributed by atoms with Crippen LogP contribution < -0.4 is 0 Å². The first-order chi connectivity index (χ1) is 13.4. The number of fused-ring (bicyclic) bond motifs is 2. The number of halogens is 3. The third-order valence-electron chi connectivity index (χ3n) is 5.12. The maximum absolute atomic E-state index is 13.0. The van der Waals surface area contributed by atoms with Crippen molar-refractivity contribution >= 4 is 70.3 Å². The molecule has 0 aromatic heterocycles. The minimum absolute atomic E-state index is 0.268. The Balaban J connectivity index is 1.58. The lowest BCUT2D eigenvalue weighted by molar-refractivity contribution is -0.165. The lowest BCUT2D eigenvalue weighted by Crippen LogP contribution is -2.71. The van der Waals surface area contributed by atoms with E-state index in [4.69, 9.17) is 39.5 Å². The van der Waals surface area contributed by atoms with E-state index in [0.717, 1.165) is 4.90 Å². The molecule has 3 aliphatic heterocycles. The number of esters is 1. The second-order valence-corrected chi connectivity index (χ2v) is 11.7. The highest BCUT2D eigenvalue weighted by Gasteiger charge is 2.67. The maximum atomic E-state index is 13.0. The molecule has 1 aromatic carbocycles. The highest BCUT2D eigenvalue weighted by molar-refractivity contribution is 8.01. The Morgan fingerprint density at radius 3 is 2.21 bits per heavy atom. The van der Waals surface area contributed by atoms with Crippen molar-refractivity contribution < 1.29 is 23.9 Å². The van der Waals surface area contributed by atoms with Gasteiger partial charge in [-0.25, -0.2) is 4.79 Å². The summed E-state index contributed by atoms with van der Waals surface area (Å²) in [4.78, 5) is 53.4. The predicted octanol–water partition coefficient (Wildman–Crippen LogP) is 2.63. The van der Waals surface area contributed by atoms with Crippen LogP contribution in [0.1, 0.15) is 34.6 Å². The molecule has 1 aromatic rings. The first kappa shape index (κ1) is 20.8. The summed E-state index contributed by atoms with van der Waals surface area (Å²) >= 11 is 18.2. The molecule has 0 spiro atoms. The van der Waals surface area contributed by atoms with Crippen LogP contribution in [0.25, 0.3) is 0 Å². The Morgan fingerprint density at radius 1 is 1.14 bits per heavy atom. The second-order valence-electron chi connectivity index (χ2n) is 7.45. The fraction of sp³-hybridized carbons (Fsp3) is 0.444. The topological polar surface area (TPSA) is 84.0 Å². The molecule has 0 aliphatic carbocycles. The molecule has 3 heterocycles. The maximum Gasteiger partial charge on any atom is 0.330 e. The summed E-state index contributed by atoms with van der Waals surface area (Å²) in [5, 5.41) is -0.551. The van der Waals surface area contributed by atoms with Gasteiger partial charge in [0.25, 0.3) is 17.7 Å². The highest BCUT2D eigenvalue weighted by atomic mass is 35.6. The summed E-state index contributed by atoms with van der Waals surface area (Å²) in [6, 6.07) is 4.53. The van der Waals surface area contributed by atoms with E-state index in [-0.39, 0.29) is 11.1 Å². The second kappa shape index (κ2) is 6.77. The van der Waals surface area contributed by atoms with E-state index < -0.39 is 56.3 Å². The molecule has 7 nitrogen and oxygen atoms in total. The fourth-order valence-electron chi connectivity index (χ4n) is 3.90. The molecular formula is C18H15Cl3N2O5S. The van der Waals surface area contributed by atoms with Gasteiger partial charge in [0, 0.05) is 4.75 Å².